The van der Waals surface area contributed by atoms with Crippen molar-refractivity contribution < 1.29 is 9.53 Å². The van der Waals surface area contributed by atoms with Crippen molar-refractivity contribution in [3.63, 3.8) is 0 Å². The summed E-state index contributed by atoms with van der Waals surface area (Å²) in [6, 6.07) is 0.348. The van der Waals surface area contributed by atoms with Gasteiger partial charge in [0.2, 0.25) is 0 Å². The minimum atomic E-state index is -0.0380. The van der Waals surface area contributed by atoms with Crippen LogP contribution in [0.25, 0.3) is 0 Å². The van der Waals surface area contributed by atoms with Gasteiger partial charge in [-0.1, -0.05) is 13.8 Å². The van der Waals surface area contributed by atoms with Gasteiger partial charge in [0, 0.05) is 26.2 Å². The normalized spacial score (nSPS) is 28.2. The molecule has 2 aliphatic rings. The highest BCUT2D eigenvalue weighted by atomic mass is 16.5. The van der Waals surface area contributed by atoms with Crippen molar-refractivity contribution in [2.45, 2.75) is 26.3 Å². The number of hydrogen-bond donors (Lipinski definition) is 0. The van der Waals surface area contributed by atoms with Crippen LogP contribution >= 0.6 is 0 Å². The molecule has 88 valence electrons. The molecule has 0 spiro atoms. The second kappa shape index (κ2) is 6.08. The molecule has 0 aromatic heterocycles. The van der Waals surface area contributed by atoms with Gasteiger partial charge in [-0.25, -0.2) is 0 Å². The second-order valence-corrected chi connectivity index (χ2v) is 3.88. The van der Waals surface area contributed by atoms with Crippen LogP contribution in [0.15, 0.2) is 0 Å². The average molecular weight is 214 g/mol. The SMILES string of the molecule is CC.CN1CCN(C2COC(=O)C2)CC1. The monoisotopic (exact) mass is 214 g/mol. The molecule has 2 heterocycles. The van der Waals surface area contributed by atoms with Gasteiger partial charge in [-0.05, 0) is 7.05 Å². The molecule has 0 amide bonds. The van der Waals surface area contributed by atoms with E-state index in [0.29, 0.717) is 19.1 Å². The number of esters is 1. The lowest BCUT2D eigenvalue weighted by molar-refractivity contribution is -0.137. The molecule has 0 saturated carbocycles. The third-order valence-electron chi connectivity index (χ3n) is 2.89. The number of rotatable bonds is 1. The molecule has 15 heavy (non-hydrogen) atoms. The molecule has 2 saturated heterocycles. The summed E-state index contributed by atoms with van der Waals surface area (Å²) in [4.78, 5) is 15.6. The molecule has 0 bridgehead atoms. The topological polar surface area (TPSA) is 32.8 Å². The second-order valence-electron chi connectivity index (χ2n) is 3.88. The third-order valence-corrected chi connectivity index (χ3v) is 2.89. The van der Waals surface area contributed by atoms with Crippen molar-refractivity contribution in [3.05, 3.63) is 0 Å². The molecule has 4 nitrogen and oxygen atoms in total. The summed E-state index contributed by atoms with van der Waals surface area (Å²) in [7, 11) is 2.13. The summed E-state index contributed by atoms with van der Waals surface area (Å²) in [5, 5.41) is 0. The molecule has 4 heteroatoms. The van der Waals surface area contributed by atoms with E-state index in [0.717, 1.165) is 26.2 Å². The van der Waals surface area contributed by atoms with Crippen molar-refractivity contribution >= 4 is 5.97 Å². The highest BCUT2D eigenvalue weighted by Gasteiger charge is 2.30. The molecule has 2 aliphatic heterocycles. The molecule has 0 aliphatic carbocycles. The number of carbonyl (C=O) groups excluding carboxylic acids is 1. The lowest BCUT2D eigenvalue weighted by Gasteiger charge is -2.35. The standard InChI is InChI=1S/C9H16N2O2.C2H6/c1-10-2-4-11(5-3-10)8-6-9(12)13-7-8;1-2/h8H,2-7H2,1H3;1-2H3. The fourth-order valence-electron chi connectivity index (χ4n) is 1.92. The molecule has 1 unspecified atom stereocenters. The van der Waals surface area contributed by atoms with E-state index < -0.39 is 0 Å². The predicted molar refractivity (Wildman–Crippen MR) is 59.8 cm³/mol. The van der Waals surface area contributed by atoms with Gasteiger partial charge in [-0.3, -0.25) is 9.69 Å². The lowest BCUT2D eigenvalue weighted by atomic mass is 10.2. The quantitative estimate of drug-likeness (QED) is 0.598. The van der Waals surface area contributed by atoms with Crippen molar-refractivity contribution in [2.24, 2.45) is 0 Å². The highest BCUT2D eigenvalue weighted by Crippen LogP contribution is 2.15. The summed E-state index contributed by atoms with van der Waals surface area (Å²) < 4.78 is 4.95. The first kappa shape index (κ1) is 12.5. The number of cyclic esters (lactones) is 1. The maximum absolute atomic E-state index is 10.9. The van der Waals surface area contributed by atoms with Crippen LogP contribution in [0.1, 0.15) is 20.3 Å². The van der Waals surface area contributed by atoms with E-state index in [1.54, 1.807) is 0 Å². The molecule has 2 fully saturated rings. The Balaban J connectivity index is 0.000000531. The zero-order valence-corrected chi connectivity index (χ0v) is 10.0. The van der Waals surface area contributed by atoms with Crippen molar-refractivity contribution in [2.75, 3.05) is 39.8 Å². The third kappa shape index (κ3) is 3.47. The summed E-state index contributed by atoms with van der Waals surface area (Å²) in [6.07, 6.45) is 0.587. The van der Waals surface area contributed by atoms with Crippen molar-refractivity contribution in [1.82, 2.24) is 9.80 Å². The fraction of sp³-hybridized carbons (Fsp3) is 0.909. The molecule has 0 N–H and O–H groups in total. The van der Waals surface area contributed by atoms with Gasteiger partial charge in [0.15, 0.2) is 0 Å². The summed E-state index contributed by atoms with van der Waals surface area (Å²) in [6.45, 7) is 8.94. The van der Waals surface area contributed by atoms with Crippen LogP contribution in [0.2, 0.25) is 0 Å². The van der Waals surface area contributed by atoms with E-state index in [2.05, 4.69) is 16.8 Å². The number of carbonyl (C=O) groups is 1. The number of nitrogens with zero attached hydrogens (tertiary/aromatic N) is 2. The van der Waals surface area contributed by atoms with Gasteiger partial charge in [-0.15, -0.1) is 0 Å². The molecule has 0 aromatic carbocycles. The summed E-state index contributed by atoms with van der Waals surface area (Å²) in [5.74, 6) is -0.0380. The number of hydrogen-bond acceptors (Lipinski definition) is 4. The van der Waals surface area contributed by atoms with E-state index in [-0.39, 0.29) is 5.97 Å². The van der Waals surface area contributed by atoms with E-state index in [1.807, 2.05) is 13.8 Å². The smallest absolute Gasteiger partial charge is 0.307 e. The Morgan fingerprint density at radius 2 is 1.80 bits per heavy atom. The van der Waals surface area contributed by atoms with Gasteiger partial charge >= 0.3 is 5.97 Å². The highest BCUT2D eigenvalue weighted by molar-refractivity contribution is 5.72. The van der Waals surface area contributed by atoms with Gasteiger partial charge < -0.3 is 9.64 Å². The maximum atomic E-state index is 10.9. The van der Waals surface area contributed by atoms with E-state index in [1.165, 1.54) is 0 Å². The Kier molecular flexibility index (Phi) is 5.05. The Morgan fingerprint density at radius 1 is 1.20 bits per heavy atom. The zero-order valence-electron chi connectivity index (χ0n) is 10.0. The van der Waals surface area contributed by atoms with Gasteiger partial charge in [0.05, 0.1) is 12.5 Å². The van der Waals surface area contributed by atoms with E-state index in [4.69, 9.17) is 4.74 Å². The molecule has 0 aromatic rings. The zero-order chi connectivity index (χ0) is 11.3. The minimum Gasteiger partial charge on any atom is -0.464 e. The average Bonchev–Trinajstić information content (AvgIpc) is 2.69. The Labute approximate surface area is 92.2 Å². The predicted octanol–water partition coefficient (Wildman–Crippen LogP) is 0.575. The van der Waals surface area contributed by atoms with Crippen molar-refractivity contribution in [3.8, 4) is 0 Å². The number of likely N-dealkylation sites (N-methyl/N-ethyl adjacent to an activating group) is 1. The molecule has 1 atom stereocenters. The van der Waals surface area contributed by atoms with Gasteiger partial charge in [0.1, 0.15) is 6.61 Å². The maximum Gasteiger partial charge on any atom is 0.307 e. The molecule has 0 radical (unpaired) electrons. The van der Waals surface area contributed by atoms with Crippen LogP contribution in [0, 0.1) is 0 Å². The Hall–Kier alpha value is -0.610. The largest absolute Gasteiger partial charge is 0.464 e. The van der Waals surface area contributed by atoms with E-state index >= 15 is 0 Å². The molecular weight excluding hydrogens is 192 g/mol. The van der Waals surface area contributed by atoms with Crippen LogP contribution in [0.4, 0.5) is 0 Å². The van der Waals surface area contributed by atoms with E-state index in [9.17, 15) is 4.79 Å². The first-order chi connectivity index (χ1) is 7.25. The van der Waals surface area contributed by atoms with Crippen molar-refractivity contribution in [1.29, 1.82) is 0 Å². The Morgan fingerprint density at radius 3 is 2.27 bits per heavy atom. The summed E-state index contributed by atoms with van der Waals surface area (Å²) >= 11 is 0. The van der Waals surface area contributed by atoms with Gasteiger partial charge in [0.25, 0.3) is 0 Å². The minimum absolute atomic E-state index is 0.0380. The first-order valence-electron chi connectivity index (χ1n) is 5.84. The van der Waals surface area contributed by atoms with Crippen LogP contribution in [-0.2, 0) is 9.53 Å². The number of piperazine rings is 1. The number of ether oxygens (including phenoxy) is 1. The van der Waals surface area contributed by atoms with Gasteiger partial charge in [-0.2, -0.15) is 0 Å². The summed E-state index contributed by atoms with van der Waals surface area (Å²) in [5.41, 5.74) is 0. The lowest BCUT2D eigenvalue weighted by Crippen LogP contribution is -2.49. The first-order valence-corrected chi connectivity index (χ1v) is 5.84. The van der Waals surface area contributed by atoms with Crippen LogP contribution < -0.4 is 0 Å². The van der Waals surface area contributed by atoms with Crippen LogP contribution in [0.5, 0.6) is 0 Å². The fourth-order valence-corrected chi connectivity index (χ4v) is 1.92. The molecular formula is C11H22N2O2. The Bertz CT molecular complexity index is 201. The molecule has 2 rings (SSSR count). The van der Waals surface area contributed by atoms with Crippen LogP contribution in [0.3, 0.4) is 0 Å². The van der Waals surface area contributed by atoms with Crippen LogP contribution in [-0.4, -0.2) is 61.6 Å².